The van der Waals surface area contributed by atoms with Gasteiger partial charge in [-0.15, -0.1) is 0 Å². The summed E-state index contributed by atoms with van der Waals surface area (Å²) in [5.41, 5.74) is 3.07. The summed E-state index contributed by atoms with van der Waals surface area (Å²) in [6.45, 7) is 4.98. The van der Waals surface area contributed by atoms with Gasteiger partial charge >= 0.3 is 0 Å². The fourth-order valence-electron chi connectivity index (χ4n) is 5.82. The fourth-order valence-corrected chi connectivity index (χ4v) is 5.82. The van der Waals surface area contributed by atoms with E-state index in [1.54, 1.807) is 19.1 Å². The number of carbonyl (C=O) groups excluding carboxylic acids is 3. The van der Waals surface area contributed by atoms with E-state index >= 15 is 0 Å². The van der Waals surface area contributed by atoms with Crippen LogP contribution >= 0.6 is 0 Å². The molecule has 1 fully saturated rings. The summed E-state index contributed by atoms with van der Waals surface area (Å²) in [5.74, 6) is -3.08. The molecular weight excluding hydrogens is 522 g/mol. The van der Waals surface area contributed by atoms with Crippen LogP contribution in [0.3, 0.4) is 0 Å². The first-order valence-corrected chi connectivity index (χ1v) is 13.3. The highest BCUT2D eigenvalue weighted by molar-refractivity contribution is 6.31. The number of phenols is 2. The summed E-state index contributed by atoms with van der Waals surface area (Å²) in [6.07, 6.45) is -3.88. The Morgan fingerprint density at radius 1 is 1.15 bits per heavy atom. The number of ether oxygens (including phenoxy) is 3. The van der Waals surface area contributed by atoms with E-state index in [2.05, 4.69) is 0 Å². The van der Waals surface area contributed by atoms with Crippen molar-refractivity contribution >= 4 is 17.3 Å². The lowest BCUT2D eigenvalue weighted by atomic mass is 9.72. The van der Waals surface area contributed by atoms with Crippen molar-refractivity contribution in [3.05, 3.63) is 51.6 Å². The Balaban J connectivity index is 1.66. The van der Waals surface area contributed by atoms with Crippen molar-refractivity contribution in [2.24, 2.45) is 5.73 Å². The molecule has 2 aromatic carbocycles. The van der Waals surface area contributed by atoms with E-state index in [0.29, 0.717) is 13.0 Å². The molecule has 0 spiro atoms. The number of hydrogen-bond donors (Lipinski definition) is 5. The molecule has 0 radical (unpaired) electrons. The molecule has 0 saturated carbocycles. The lowest BCUT2D eigenvalue weighted by molar-refractivity contribution is -0.247. The molecule has 2 aromatic rings. The number of phenolic OH excluding ortho intramolecular Hbond substituents is 2. The van der Waals surface area contributed by atoms with Crippen molar-refractivity contribution in [2.75, 3.05) is 6.61 Å². The summed E-state index contributed by atoms with van der Waals surface area (Å²) in [6, 6.07) is 3.86. The third-order valence-electron chi connectivity index (χ3n) is 8.04. The Morgan fingerprint density at radius 2 is 1.85 bits per heavy atom. The minimum atomic E-state index is -2.00. The van der Waals surface area contributed by atoms with E-state index in [-0.39, 0.29) is 40.8 Å². The molecule has 11 heteroatoms. The van der Waals surface area contributed by atoms with Gasteiger partial charge in [0.2, 0.25) is 5.78 Å². The Bertz CT molecular complexity index is 1390. The topological polar surface area (TPSA) is 186 Å². The highest BCUT2D eigenvalue weighted by Gasteiger charge is 2.49. The summed E-state index contributed by atoms with van der Waals surface area (Å²) >= 11 is 0. The lowest BCUT2D eigenvalue weighted by Crippen LogP contribution is -2.52. The molecule has 5 rings (SSSR count). The normalized spacial score (nSPS) is 29.4. The van der Waals surface area contributed by atoms with Crippen molar-refractivity contribution in [1.29, 1.82) is 0 Å². The number of carbonyl (C=O) groups is 3. The molecule has 0 aromatic heterocycles. The standard InChI is InChI=1S/C29H33NO10/c1-4-8-38-17-7-5-6-14-20(17)27(35)23-22(25(14)33)26(34)15-10-29(37,13(3)31)11-18(21(15)28(23)36)40-19-9-16(30)24(32)12(2)39-19/h5-7,12,16,18-19,24,32,34,36-37H,4,8-11,30H2,1-3H3. The molecule has 6 unspecified atom stereocenters. The van der Waals surface area contributed by atoms with Crippen LogP contribution in [0.1, 0.15) is 89.1 Å². The second-order valence-electron chi connectivity index (χ2n) is 10.8. The second kappa shape index (κ2) is 10.2. The molecule has 0 bridgehead atoms. The molecule has 40 heavy (non-hydrogen) atoms. The van der Waals surface area contributed by atoms with Gasteiger partial charge in [-0.05, 0) is 26.3 Å². The molecule has 214 valence electrons. The highest BCUT2D eigenvalue weighted by atomic mass is 16.7. The van der Waals surface area contributed by atoms with Crippen molar-refractivity contribution in [1.82, 2.24) is 0 Å². The largest absolute Gasteiger partial charge is 0.507 e. The number of Topliss-reactive ketones (excluding diaryl/α,β-unsaturated/α-hetero) is 1. The molecular formula is C29H33NO10. The molecule has 1 aliphatic heterocycles. The monoisotopic (exact) mass is 555 g/mol. The van der Waals surface area contributed by atoms with Crippen LogP contribution in [0.25, 0.3) is 0 Å². The third kappa shape index (κ3) is 4.38. The number of aromatic hydroxyl groups is 2. The quantitative estimate of drug-likeness (QED) is 0.279. The molecule has 3 aliphatic rings. The summed E-state index contributed by atoms with van der Waals surface area (Å²) in [5, 5.41) is 44.4. The molecule has 2 aliphatic carbocycles. The zero-order chi connectivity index (χ0) is 29.1. The lowest BCUT2D eigenvalue weighted by Gasteiger charge is -2.42. The van der Waals surface area contributed by atoms with Gasteiger partial charge in [-0.3, -0.25) is 14.4 Å². The third-order valence-corrected chi connectivity index (χ3v) is 8.04. The van der Waals surface area contributed by atoms with Gasteiger partial charge in [0.1, 0.15) is 22.8 Å². The van der Waals surface area contributed by atoms with Crippen LogP contribution in [0, 0.1) is 0 Å². The average Bonchev–Trinajstić information content (AvgIpc) is 2.90. The molecule has 6 atom stereocenters. The zero-order valence-electron chi connectivity index (χ0n) is 22.5. The van der Waals surface area contributed by atoms with Crippen LogP contribution in [0.15, 0.2) is 18.2 Å². The molecule has 1 saturated heterocycles. The van der Waals surface area contributed by atoms with Crippen LogP contribution in [0.4, 0.5) is 0 Å². The maximum atomic E-state index is 13.8. The van der Waals surface area contributed by atoms with Gasteiger partial charge in [0.05, 0.1) is 41.6 Å². The van der Waals surface area contributed by atoms with Crippen molar-refractivity contribution in [2.45, 2.75) is 82.7 Å². The van der Waals surface area contributed by atoms with Gasteiger partial charge in [-0.2, -0.15) is 0 Å². The number of hydrogen-bond acceptors (Lipinski definition) is 11. The first kappa shape index (κ1) is 28.2. The minimum absolute atomic E-state index is 0.00308. The van der Waals surface area contributed by atoms with Gasteiger partial charge in [0, 0.05) is 42.0 Å². The first-order chi connectivity index (χ1) is 18.9. The number of fused-ring (bicyclic) bond motifs is 3. The highest BCUT2D eigenvalue weighted by Crippen LogP contribution is 2.52. The molecule has 0 amide bonds. The van der Waals surface area contributed by atoms with Crippen LogP contribution in [0.5, 0.6) is 17.2 Å². The molecule has 11 nitrogen and oxygen atoms in total. The predicted octanol–water partition coefficient (Wildman–Crippen LogP) is 1.81. The zero-order valence-corrected chi connectivity index (χ0v) is 22.5. The van der Waals surface area contributed by atoms with Crippen molar-refractivity contribution in [3.8, 4) is 17.2 Å². The summed E-state index contributed by atoms with van der Waals surface area (Å²) < 4.78 is 17.6. The van der Waals surface area contributed by atoms with Gasteiger partial charge in [0.15, 0.2) is 17.9 Å². The van der Waals surface area contributed by atoms with Crippen LogP contribution in [-0.4, -0.2) is 74.5 Å². The van der Waals surface area contributed by atoms with Gasteiger partial charge < -0.3 is 40.4 Å². The van der Waals surface area contributed by atoms with Crippen molar-refractivity contribution < 1.29 is 49.0 Å². The minimum Gasteiger partial charge on any atom is -0.507 e. The maximum absolute atomic E-state index is 13.8. The Hall–Kier alpha value is -3.35. The Labute approximate surface area is 230 Å². The number of aliphatic hydroxyl groups excluding tert-OH is 1. The average molecular weight is 556 g/mol. The number of nitrogens with two attached hydrogens (primary N) is 1. The molecule has 6 N–H and O–H groups in total. The second-order valence-corrected chi connectivity index (χ2v) is 10.8. The SMILES string of the molecule is CCCOc1cccc2c1C(=O)c1c(O)c3c(c(O)c1C2=O)CC(O)(C(C)=O)CC3OC1CC(N)C(O)C(C)O1. The van der Waals surface area contributed by atoms with E-state index in [1.165, 1.54) is 13.0 Å². The van der Waals surface area contributed by atoms with Crippen LogP contribution in [-0.2, 0) is 20.7 Å². The van der Waals surface area contributed by atoms with E-state index in [9.17, 15) is 34.8 Å². The van der Waals surface area contributed by atoms with E-state index in [0.717, 1.165) is 0 Å². The van der Waals surface area contributed by atoms with E-state index in [1.807, 2.05) is 6.92 Å². The van der Waals surface area contributed by atoms with E-state index in [4.69, 9.17) is 19.9 Å². The van der Waals surface area contributed by atoms with Crippen LogP contribution in [0.2, 0.25) is 0 Å². The van der Waals surface area contributed by atoms with Gasteiger partial charge in [-0.1, -0.05) is 19.1 Å². The Morgan fingerprint density at radius 3 is 2.50 bits per heavy atom. The summed E-state index contributed by atoms with van der Waals surface area (Å²) in [4.78, 5) is 40.0. The smallest absolute Gasteiger partial charge is 0.202 e. The first-order valence-electron chi connectivity index (χ1n) is 13.3. The number of rotatable bonds is 6. The van der Waals surface area contributed by atoms with Crippen molar-refractivity contribution in [3.63, 3.8) is 0 Å². The Kier molecular flexibility index (Phi) is 7.22. The fraction of sp³-hybridized carbons (Fsp3) is 0.483. The van der Waals surface area contributed by atoms with E-state index < -0.39 is 82.6 Å². The predicted molar refractivity (Wildman–Crippen MR) is 140 cm³/mol. The summed E-state index contributed by atoms with van der Waals surface area (Å²) in [7, 11) is 0. The number of benzene rings is 2. The van der Waals surface area contributed by atoms with Gasteiger partial charge in [0.25, 0.3) is 0 Å². The van der Waals surface area contributed by atoms with Gasteiger partial charge in [-0.25, -0.2) is 0 Å². The molecule has 1 heterocycles. The number of aliphatic hydroxyl groups is 2. The maximum Gasteiger partial charge on any atom is 0.202 e. The van der Waals surface area contributed by atoms with Crippen LogP contribution < -0.4 is 10.5 Å². The number of ketones is 3.